The zero-order valence-corrected chi connectivity index (χ0v) is 37.4. The number of rotatable bonds is 11. The SMILES string of the molecule is COc1cc(-c2ccc(N/N=C3\C=Cc4c(S(=O)(=O)[O-])cc(S(=O)(=O)[O-])c(N)c4C3=O)c(OC)c2)ccc1N/N=C1\C=Cc2c(S(=O)(=O)[O-])cc(S(=O)(=O)[O-])c(N)c2C1=O.[Li+].[Li+].[Li+].[Li+]. The number of nitrogens with two attached hydrogens (primary N) is 2. The third-order valence-electron chi connectivity index (χ3n) is 8.81. The maximum absolute atomic E-state index is 13.4. The van der Waals surface area contributed by atoms with Crippen LogP contribution in [0.5, 0.6) is 11.5 Å². The standard InChI is InChI=1S/C34H28N6O16S4.4Li/c1-55-23-11-15(3-7-19(23)37-39-21-9-5-17-25(57(43,44)45)13-27(59(49,50)51)31(35)29(17)33(21)41)16-4-8-20(24(12-16)56-2)38-40-22-10-6-18-26(58(46,47)48)14-28(60(52,53)54)32(36)30(18)34(22)42;;;;/h3-14,37-38H,35-36H2,1-2H3,(H,43,44,45)(H,46,47,48)(H,49,50,51)(H,52,53,54);;;;/q;4*+1/p-4/b39-21+,40-22+;;;;. The largest absolute Gasteiger partial charge is 1.00 e. The molecule has 6 rings (SSSR count). The van der Waals surface area contributed by atoms with Gasteiger partial charge in [-0.05, 0) is 59.7 Å². The van der Waals surface area contributed by atoms with E-state index in [4.69, 9.17) is 20.9 Å². The number of carbonyl (C=O) groups excluding carboxylic acids is 2. The molecule has 4 aromatic rings. The van der Waals surface area contributed by atoms with E-state index in [2.05, 4.69) is 21.1 Å². The molecule has 0 radical (unpaired) electrons. The number of methoxy groups -OCH3 is 2. The molecule has 0 unspecified atom stereocenters. The number of ether oxygens (including phenoxy) is 2. The molecule has 0 heterocycles. The normalized spacial score (nSPS) is 14.5. The van der Waals surface area contributed by atoms with Gasteiger partial charge in [0.1, 0.15) is 63.4 Å². The molecule has 0 aromatic heterocycles. The van der Waals surface area contributed by atoms with E-state index in [0.717, 1.165) is 24.3 Å². The number of hydrogen-bond acceptors (Lipinski definition) is 22. The number of nitrogen functional groups attached to an aromatic ring is 2. The summed E-state index contributed by atoms with van der Waals surface area (Å²) in [5.41, 5.74) is 13.1. The van der Waals surface area contributed by atoms with Crippen LogP contribution in [0, 0.1) is 0 Å². The molecule has 22 nitrogen and oxygen atoms in total. The number of anilines is 4. The zero-order valence-electron chi connectivity index (χ0n) is 34.1. The Morgan fingerprint density at radius 2 is 0.812 bits per heavy atom. The third kappa shape index (κ3) is 11.1. The predicted octanol–water partition coefficient (Wildman–Crippen LogP) is -10.5. The summed E-state index contributed by atoms with van der Waals surface area (Å²) in [4.78, 5) is 21.9. The van der Waals surface area contributed by atoms with Gasteiger partial charge in [0.2, 0.25) is 11.6 Å². The van der Waals surface area contributed by atoms with Gasteiger partial charge in [-0.1, -0.05) is 24.3 Å². The average Bonchev–Trinajstić information content (AvgIpc) is 3.15. The molecule has 0 amide bonds. The Labute approximate surface area is 413 Å². The summed E-state index contributed by atoms with van der Waals surface area (Å²) in [5, 5.41) is 8.00. The van der Waals surface area contributed by atoms with Gasteiger partial charge in [-0.15, -0.1) is 0 Å². The molecule has 2 aliphatic rings. The Kier molecular flexibility index (Phi) is 18.0. The van der Waals surface area contributed by atoms with Crippen molar-refractivity contribution < 1.29 is 146 Å². The Balaban J connectivity index is 0.00000352. The van der Waals surface area contributed by atoms with Crippen molar-refractivity contribution in [1.82, 2.24) is 0 Å². The van der Waals surface area contributed by atoms with Gasteiger partial charge < -0.3 is 39.2 Å². The van der Waals surface area contributed by atoms with Crippen molar-refractivity contribution in [3.8, 4) is 22.6 Å². The van der Waals surface area contributed by atoms with E-state index in [-0.39, 0.29) is 98.3 Å². The molecule has 0 spiro atoms. The van der Waals surface area contributed by atoms with E-state index in [1.165, 1.54) is 26.4 Å². The maximum atomic E-state index is 13.4. The summed E-state index contributed by atoms with van der Waals surface area (Å²) in [5.74, 6) is -1.89. The number of allylic oxidation sites excluding steroid dienone is 2. The molecule has 4 aromatic carbocycles. The monoisotopic (exact) mass is 928 g/mol. The zero-order chi connectivity index (χ0) is 44.3. The molecule has 30 heteroatoms. The van der Waals surface area contributed by atoms with Crippen molar-refractivity contribution >= 4 is 98.4 Å². The van der Waals surface area contributed by atoms with Crippen LogP contribution in [0.4, 0.5) is 22.7 Å². The summed E-state index contributed by atoms with van der Waals surface area (Å²) in [7, 11) is -19.0. The summed E-state index contributed by atoms with van der Waals surface area (Å²) in [6, 6.07) is 9.85. The van der Waals surface area contributed by atoms with Crippen LogP contribution in [0.2, 0.25) is 0 Å². The number of benzene rings is 4. The molecule has 0 saturated carbocycles. The van der Waals surface area contributed by atoms with Gasteiger partial charge in [-0.3, -0.25) is 20.4 Å². The molecule has 0 saturated heterocycles. The first-order valence-electron chi connectivity index (χ1n) is 16.1. The van der Waals surface area contributed by atoms with Crippen molar-refractivity contribution in [3.63, 3.8) is 0 Å². The van der Waals surface area contributed by atoms with E-state index in [9.17, 15) is 61.5 Å². The second-order valence-corrected chi connectivity index (χ2v) is 17.7. The number of ketones is 2. The number of nitrogens with zero attached hydrogens (tertiary/aromatic N) is 2. The van der Waals surface area contributed by atoms with Gasteiger partial charge in [-0.2, -0.15) is 10.2 Å². The number of nitrogens with one attached hydrogen (secondary N) is 2. The van der Waals surface area contributed by atoms with Gasteiger partial charge in [0.05, 0.1) is 67.7 Å². The Hall–Kier alpha value is -4.13. The molecule has 0 bridgehead atoms. The van der Waals surface area contributed by atoms with Crippen LogP contribution < -0.4 is 107 Å². The van der Waals surface area contributed by atoms with E-state index in [0.29, 0.717) is 23.3 Å². The second kappa shape index (κ2) is 20.6. The summed E-state index contributed by atoms with van der Waals surface area (Å²) in [6.07, 6.45) is 4.07. The van der Waals surface area contributed by atoms with Crippen molar-refractivity contribution in [2.24, 2.45) is 10.2 Å². The van der Waals surface area contributed by atoms with Gasteiger partial charge >= 0.3 is 75.4 Å². The first kappa shape index (κ1) is 56.0. The van der Waals surface area contributed by atoms with E-state index in [1.807, 2.05) is 0 Å². The Morgan fingerprint density at radius 1 is 0.500 bits per heavy atom. The molecule has 2 aliphatic carbocycles. The van der Waals surface area contributed by atoms with Crippen LogP contribution in [0.3, 0.4) is 0 Å². The van der Waals surface area contributed by atoms with E-state index in [1.54, 1.807) is 24.3 Å². The van der Waals surface area contributed by atoms with Crippen LogP contribution in [0.15, 0.2) is 90.5 Å². The van der Waals surface area contributed by atoms with Crippen LogP contribution in [-0.2, 0) is 40.5 Å². The first-order chi connectivity index (χ1) is 27.9. The summed E-state index contributed by atoms with van der Waals surface area (Å²) < 4.78 is 153. The van der Waals surface area contributed by atoms with E-state index >= 15 is 0 Å². The van der Waals surface area contributed by atoms with Crippen LogP contribution in [0.25, 0.3) is 23.3 Å². The van der Waals surface area contributed by atoms with Gasteiger partial charge in [-0.25, -0.2) is 33.7 Å². The number of fused-ring (bicyclic) bond motifs is 2. The fourth-order valence-corrected chi connectivity index (χ4v) is 8.87. The fourth-order valence-electron chi connectivity index (χ4n) is 6.05. The Morgan fingerprint density at radius 3 is 1.09 bits per heavy atom. The maximum Gasteiger partial charge on any atom is 1.00 e. The van der Waals surface area contributed by atoms with Crippen molar-refractivity contribution in [1.29, 1.82) is 0 Å². The molecular weight excluding hydrogens is 904 g/mol. The van der Waals surface area contributed by atoms with Gasteiger partial charge in [0.25, 0.3) is 0 Å². The molecular formula is C34H24Li4N6O16S4. The van der Waals surface area contributed by atoms with Crippen molar-refractivity contribution in [3.05, 3.63) is 82.9 Å². The minimum Gasteiger partial charge on any atom is -0.744 e. The Bertz CT molecular complexity index is 2990. The third-order valence-corrected chi connectivity index (χ3v) is 12.3. The molecule has 64 heavy (non-hydrogen) atoms. The molecule has 0 atom stereocenters. The minimum absolute atomic E-state index is 0. The fraction of sp³-hybridized carbons (Fsp3) is 0.0588. The second-order valence-electron chi connectivity index (χ2n) is 12.3. The summed E-state index contributed by atoms with van der Waals surface area (Å²) >= 11 is 0. The molecule has 314 valence electrons. The summed E-state index contributed by atoms with van der Waals surface area (Å²) in [6.45, 7) is 0. The molecule has 0 fully saturated rings. The number of carbonyl (C=O) groups is 2. The smallest absolute Gasteiger partial charge is 0.744 e. The van der Waals surface area contributed by atoms with Crippen LogP contribution >= 0.6 is 0 Å². The topological polar surface area (TPSA) is 382 Å². The van der Waals surface area contributed by atoms with Crippen LogP contribution in [-0.4, -0.2) is 89.1 Å². The van der Waals surface area contributed by atoms with Gasteiger partial charge in [0.15, 0.2) is 0 Å². The van der Waals surface area contributed by atoms with Crippen LogP contribution in [0.1, 0.15) is 31.8 Å². The van der Waals surface area contributed by atoms with Gasteiger partial charge in [0, 0.05) is 11.1 Å². The number of Topliss-reactive ketones (excluding diaryl/α,β-unsaturated/α-hetero) is 2. The molecule has 6 N–H and O–H groups in total. The van der Waals surface area contributed by atoms with Crippen molar-refractivity contribution in [2.75, 3.05) is 36.5 Å². The quantitative estimate of drug-likeness (QED) is 0.0469. The average molecular weight is 929 g/mol. The predicted molar refractivity (Wildman–Crippen MR) is 207 cm³/mol. The van der Waals surface area contributed by atoms with E-state index < -0.39 is 117 Å². The van der Waals surface area contributed by atoms with Crippen molar-refractivity contribution in [2.45, 2.75) is 19.6 Å². The minimum atomic E-state index is -5.43. The number of hydrogen-bond donors (Lipinski definition) is 4. The number of hydrazone groups is 2. The molecule has 0 aliphatic heterocycles. The first-order valence-corrected chi connectivity index (χ1v) is 21.8.